The summed E-state index contributed by atoms with van der Waals surface area (Å²) < 4.78 is 13.0. The highest BCUT2D eigenvalue weighted by Crippen LogP contribution is 2.21. The maximum absolute atomic E-state index is 13.0. The Morgan fingerprint density at radius 3 is 2.52 bits per heavy atom. The third-order valence-electron chi connectivity index (χ3n) is 2.58. The standard InChI is InChI=1S/C14H11ClFN3O2/c15-8-4-5-11(13(17)20)12(6-8)19-14(21)18-10-3-1-2-9(16)7-10/h1-7H,(H2,17,20)(H2,18,19,21). The summed E-state index contributed by atoms with van der Waals surface area (Å²) in [4.78, 5) is 23.1. The highest BCUT2D eigenvalue weighted by molar-refractivity contribution is 6.31. The number of urea groups is 1. The molecular formula is C14H11ClFN3O2. The summed E-state index contributed by atoms with van der Waals surface area (Å²) >= 11 is 5.81. The summed E-state index contributed by atoms with van der Waals surface area (Å²) in [5.74, 6) is -1.18. The molecular weight excluding hydrogens is 297 g/mol. The van der Waals surface area contributed by atoms with Crippen molar-refractivity contribution in [3.8, 4) is 0 Å². The first-order valence-electron chi connectivity index (χ1n) is 5.88. The van der Waals surface area contributed by atoms with Gasteiger partial charge >= 0.3 is 6.03 Å². The molecule has 2 aromatic rings. The Bertz CT molecular complexity index is 706. The number of nitrogens with two attached hydrogens (primary N) is 1. The molecule has 0 aliphatic rings. The number of amides is 3. The van der Waals surface area contributed by atoms with Crippen LogP contribution in [-0.2, 0) is 0 Å². The van der Waals surface area contributed by atoms with Crippen molar-refractivity contribution in [2.24, 2.45) is 5.73 Å². The van der Waals surface area contributed by atoms with E-state index in [4.69, 9.17) is 17.3 Å². The minimum Gasteiger partial charge on any atom is -0.366 e. The molecule has 2 aromatic carbocycles. The number of hydrogen-bond acceptors (Lipinski definition) is 2. The second-order valence-electron chi connectivity index (χ2n) is 4.14. The van der Waals surface area contributed by atoms with Crippen molar-refractivity contribution in [1.29, 1.82) is 0 Å². The third kappa shape index (κ3) is 3.93. The quantitative estimate of drug-likeness (QED) is 0.813. The highest BCUT2D eigenvalue weighted by Gasteiger charge is 2.11. The Balaban J connectivity index is 2.16. The lowest BCUT2D eigenvalue weighted by molar-refractivity contribution is 0.100. The fourth-order valence-corrected chi connectivity index (χ4v) is 1.86. The van der Waals surface area contributed by atoms with Crippen molar-refractivity contribution in [2.75, 3.05) is 10.6 Å². The van der Waals surface area contributed by atoms with Crippen molar-refractivity contribution in [3.63, 3.8) is 0 Å². The van der Waals surface area contributed by atoms with E-state index in [2.05, 4.69) is 10.6 Å². The van der Waals surface area contributed by atoms with Gasteiger partial charge in [0.25, 0.3) is 5.91 Å². The van der Waals surface area contributed by atoms with E-state index in [-0.39, 0.29) is 16.9 Å². The molecule has 21 heavy (non-hydrogen) atoms. The van der Waals surface area contributed by atoms with Crippen LogP contribution in [0.2, 0.25) is 5.02 Å². The Morgan fingerprint density at radius 1 is 1.10 bits per heavy atom. The Hall–Kier alpha value is -2.60. The maximum Gasteiger partial charge on any atom is 0.323 e. The molecule has 0 bridgehead atoms. The smallest absolute Gasteiger partial charge is 0.323 e. The van der Waals surface area contributed by atoms with E-state index in [9.17, 15) is 14.0 Å². The Morgan fingerprint density at radius 2 is 1.86 bits per heavy atom. The summed E-state index contributed by atoms with van der Waals surface area (Å²) in [7, 11) is 0. The van der Waals surface area contributed by atoms with Gasteiger partial charge in [-0.1, -0.05) is 17.7 Å². The van der Waals surface area contributed by atoms with Crippen LogP contribution in [0.4, 0.5) is 20.6 Å². The van der Waals surface area contributed by atoms with Gasteiger partial charge in [0.1, 0.15) is 5.82 Å². The number of anilines is 2. The molecule has 0 unspecified atom stereocenters. The van der Waals surface area contributed by atoms with Crippen LogP contribution in [0.25, 0.3) is 0 Å². The molecule has 108 valence electrons. The lowest BCUT2D eigenvalue weighted by Gasteiger charge is -2.10. The molecule has 0 aliphatic heterocycles. The van der Waals surface area contributed by atoms with Crippen molar-refractivity contribution in [2.45, 2.75) is 0 Å². The van der Waals surface area contributed by atoms with Crippen LogP contribution in [0, 0.1) is 5.82 Å². The van der Waals surface area contributed by atoms with Gasteiger partial charge < -0.3 is 16.4 Å². The molecule has 4 N–H and O–H groups in total. The van der Waals surface area contributed by atoms with E-state index >= 15 is 0 Å². The van der Waals surface area contributed by atoms with Crippen molar-refractivity contribution >= 4 is 34.9 Å². The van der Waals surface area contributed by atoms with E-state index < -0.39 is 17.8 Å². The van der Waals surface area contributed by atoms with E-state index in [0.29, 0.717) is 5.02 Å². The van der Waals surface area contributed by atoms with Crippen LogP contribution < -0.4 is 16.4 Å². The van der Waals surface area contributed by atoms with Gasteiger partial charge in [0.15, 0.2) is 0 Å². The number of carbonyl (C=O) groups is 2. The fraction of sp³-hybridized carbons (Fsp3) is 0. The molecule has 0 fully saturated rings. The van der Waals surface area contributed by atoms with Gasteiger partial charge in [0.05, 0.1) is 11.3 Å². The molecule has 7 heteroatoms. The first kappa shape index (κ1) is 14.8. The minimum absolute atomic E-state index is 0.119. The van der Waals surface area contributed by atoms with Crippen LogP contribution >= 0.6 is 11.6 Å². The van der Waals surface area contributed by atoms with Crippen LogP contribution in [0.5, 0.6) is 0 Å². The second kappa shape index (κ2) is 6.23. The van der Waals surface area contributed by atoms with Gasteiger partial charge in [0.2, 0.25) is 0 Å². The van der Waals surface area contributed by atoms with Crippen molar-refractivity contribution in [1.82, 2.24) is 0 Å². The number of benzene rings is 2. The summed E-state index contributed by atoms with van der Waals surface area (Å²) in [6, 6.07) is 9.03. The molecule has 0 aromatic heterocycles. The van der Waals surface area contributed by atoms with Gasteiger partial charge in [-0.3, -0.25) is 4.79 Å². The average Bonchev–Trinajstić information content (AvgIpc) is 2.38. The first-order chi connectivity index (χ1) is 9.95. The lowest BCUT2D eigenvalue weighted by atomic mass is 10.1. The second-order valence-corrected chi connectivity index (χ2v) is 4.58. The summed E-state index contributed by atoms with van der Waals surface area (Å²) in [5, 5.41) is 5.21. The largest absolute Gasteiger partial charge is 0.366 e. The molecule has 2 rings (SSSR count). The molecule has 0 saturated carbocycles. The van der Waals surface area contributed by atoms with Gasteiger partial charge in [-0.15, -0.1) is 0 Å². The van der Waals surface area contributed by atoms with Crippen LogP contribution in [-0.4, -0.2) is 11.9 Å². The van der Waals surface area contributed by atoms with Crippen molar-refractivity contribution in [3.05, 3.63) is 58.9 Å². The zero-order valence-corrected chi connectivity index (χ0v) is 11.4. The number of primary amides is 1. The van der Waals surface area contributed by atoms with E-state index in [1.165, 1.54) is 36.4 Å². The van der Waals surface area contributed by atoms with Gasteiger partial charge in [-0.25, -0.2) is 9.18 Å². The first-order valence-corrected chi connectivity index (χ1v) is 6.26. The Labute approximate surface area is 124 Å². The SMILES string of the molecule is NC(=O)c1ccc(Cl)cc1NC(=O)Nc1cccc(F)c1. The minimum atomic E-state index is -0.701. The Kier molecular flexibility index (Phi) is 4.39. The zero-order valence-electron chi connectivity index (χ0n) is 10.7. The van der Waals surface area contributed by atoms with Crippen LogP contribution in [0.15, 0.2) is 42.5 Å². The fourth-order valence-electron chi connectivity index (χ4n) is 1.69. The molecule has 0 spiro atoms. The summed E-state index contributed by atoms with van der Waals surface area (Å²) in [5.41, 5.74) is 5.77. The van der Waals surface area contributed by atoms with E-state index in [1.54, 1.807) is 0 Å². The number of carbonyl (C=O) groups excluding carboxylic acids is 2. The molecule has 0 aliphatic carbocycles. The number of nitrogens with one attached hydrogen (secondary N) is 2. The van der Waals surface area contributed by atoms with E-state index in [0.717, 1.165) is 6.07 Å². The monoisotopic (exact) mass is 307 g/mol. The number of halogens is 2. The lowest BCUT2D eigenvalue weighted by Crippen LogP contribution is -2.22. The molecule has 0 heterocycles. The summed E-state index contributed by atoms with van der Waals surface area (Å²) in [6.45, 7) is 0. The highest BCUT2D eigenvalue weighted by atomic mass is 35.5. The number of rotatable bonds is 3. The number of hydrogen-bond donors (Lipinski definition) is 3. The molecule has 0 radical (unpaired) electrons. The normalized spacial score (nSPS) is 10.0. The molecule has 5 nitrogen and oxygen atoms in total. The molecule has 3 amide bonds. The molecule has 0 saturated heterocycles. The topological polar surface area (TPSA) is 84.2 Å². The van der Waals surface area contributed by atoms with Gasteiger partial charge in [0, 0.05) is 10.7 Å². The van der Waals surface area contributed by atoms with Gasteiger partial charge in [-0.05, 0) is 36.4 Å². The molecule has 0 atom stereocenters. The predicted molar refractivity (Wildman–Crippen MR) is 79.0 cm³/mol. The average molecular weight is 308 g/mol. The van der Waals surface area contributed by atoms with Gasteiger partial charge in [-0.2, -0.15) is 0 Å². The van der Waals surface area contributed by atoms with E-state index in [1.807, 2.05) is 0 Å². The van der Waals surface area contributed by atoms with Crippen LogP contribution in [0.3, 0.4) is 0 Å². The van der Waals surface area contributed by atoms with Crippen LogP contribution in [0.1, 0.15) is 10.4 Å². The zero-order chi connectivity index (χ0) is 15.4. The maximum atomic E-state index is 13.0. The third-order valence-corrected chi connectivity index (χ3v) is 2.81. The van der Waals surface area contributed by atoms with Crippen molar-refractivity contribution < 1.29 is 14.0 Å². The summed E-state index contributed by atoms with van der Waals surface area (Å²) in [6.07, 6.45) is 0. The predicted octanol–water partition coefficient (Wildman–Crippen LogP) is 3.22.